The van der Waals surface area contributed by atoms with E-state index in [1.54, 1.807) is 20.8 Å². The van der Waals surface area contributed by atoms with Gasteiger partial charge in [0.1, 0.15) is 0 Å². The Bertz CT molecular complexity index is 463. The van der Waals surface area contributed by atoms with Gasteiger partial charge >= 0.3 is 0 Å². The highest BCUT2D eigenvalue weighted by atomic mass is 16.7. The lowest BCUT2D eigenvalue weighted by molar-refractivity contribution is -0.218. The van der Waals surface area contributed by atoms with Gasteiger partial charge in [0.25, 0.3) is 11.8 Å². The largest absolute Gasteiger partial charge is 0.349 e. The summed E-state index contributed by atoms with van der Waals surface area (Å²) in [6.45, 7) is 12.0. The maximum atomic E-state index is 11.0. The Morgan fingerprint density at radius 1 is 0.905 bits per heavy atom. The van der Waals surface area contributed by atoms with E-state index in [1.165, 1.54) is 0 Å². The van der Waals surface area contributed by atoms with Crippen LogP contribution in [0.5, 0.6) is 0 Å². The SMILES string of the molecule is CC(C)(C)ON1C(=O)CCC1=O.CC(C)(C)n1cccc1. The van der Waals surface area contributed by atoms with E-state index >= 15 is 0 Å². The minimum Gasteiger partial charge on any atom is -0.349 e. The monoisotopic (exact) mass is 294 g/mol. The molecule has 2 heterocycles. The molecule has 1 aliphatic rings. The lowest BCUT2D eigenvalue weighted by Crippen LogP contribution is -2.37. The van der Waals surface area contributed by atoms with E-state index in [9.17, 15) is 9.59 Å². The van der Waals surface area contributed by atoms with Gasteiger partial charge in [-0.1, -0.05) is 0 Å². The van der Waals surface area contributed by atoms with Crippen LogP contribution in [0.3, 0.4) is 0 Å². The molecule has 0 bridgehead atoms. The molecular formula is C16H26N2O3. The minimum absolute atomic E-state index is 0.240. The topological polar surface area (TPSA) is 51.5 Å². The zero-order valence-electron chi connectivity index (χ0n) is 13.8. The Hall–Kier alpha value is -1.62. The maximum absolute atomic E-state index is 11.0. The molecule has 2 amide bonds. The van der Waals surface area contributed by atoms with Crippen molar-refractivity contribution in [2.75, 3.05) is 0 Å². The molecule has 0 saturated carbocycles. The lowest BCUT2D eigenvalue weighted by atomic mass is 10.1. The van der Waals surface area contributed by atoms with Crippen molar-refractivity contribution in [1.82, 2.24) is 9.63 Å². The highest BCUT2D eigenvalue weighted by Crippen LogP contribution is 2.18. The van der Waals surface area contributed by atoms with E-state index in [0.717, 1.165) is 5.06 Å². The van der Waals surface area contributed by atoms with Gasteiger partial charge in [-0.3, -0.25) is 14.4 Å². The van der Waals surface area contributed by atoms with E-state index in [4.69, 9.17) is 4.84 Å². The average molecular weight is 294 g/mol. The molecule has 1 aromatic rings. The zero-order chi connectivity index (χ0) is 16.3. The van der Waals surface area contributed by atoms with Gasteiger partial charge in [0, 0.05) is 30.8 Å². The molecule has 0 atom stereocenters. The van der Waals surface area contributed by atoms with Crippen LogP contribution >= 0.6 is 0 Å². The predicted octanol–water partition coefficient (Wildman–Crippen LogP) is 3.11. The summed E-state index contributed by atoms with van der Waals surface area (Å²) in [7, 11) is 0. The zero-order valence-corrected chi connectivity index (χ0v) is 13.8. The van der Waals surface area contributed by atoms with Crippen LogP contribution in [0.15, 0.2) is 24.5 Å². The Morgan fingerprint density at radius 3 is 1.62 bits per heavy atom. The van der Waals surface area contributed by atoms with Crippen LogP contribution in [0, 0.1) is 0 Å². The number of imide groups is 1. The molecule has 0 aromatic carbocycles. The second-order valence-electron chi connectivity index (χ2n) is 7.05. The van der Waals surface area contributed by atoms with Crippen LogP contribution < -0.4 is 0 Å². The van der Waals surface area contributed by atoms with Crippen molar-refractivity contribution in [3.05, 3.63) is 24.5 Å². The summed E-state index contributed by atoms with van der Waals surface area (Å²) in [5.41, 5.74) is -0.251. The fourth-order valence-electron chi connectivity index (χ4n) is 1.71. The van der Waals surface area contributed by atoms with Crippen molar-refractivity contribution in [3.8, 4) is 0 Å². The fraction of sp³-hybridized carbons (Fsp3) is 0.625. The second kappa shape index (κ2) is 6.43. The number of aromatic nitrogens is 1. The molecule has 5 heteroatoms. The van der Waals surface area contributed by atoms with Gasteiger partial charge in [0.15, 0.2) is 0 Å². The van der Waals surface area contributed by atoms with Crippen molar-refractivity contribution in [2.24, 2.45) is 0 Å². The Balaban J connectivity index is 0.000000219. The molecule has 0 spiro atoms. The third kappa shape index (κ3) is 5.71. The molecule has 5 nitrogen and oxygen atoms in total. The number of hydrogen-bond acceptors (Lipinski definition) is 3. The van der Waals surface area contributed by atoms with Crippen molar-refractivity contribution < 1.29 is 14.4 Å². The number of nitrogens with zero attached hydrogens (tertiary/aromatic N) is 2. The molecule has 1 aliphatic heterocycles. The van der Waals surface area contributed by atoms with E-state index < -0.39 is 5.60 Å². The maximum Gasteiger partial charge on any atom is 0.254 e. The molecule has 1 aromatic heterocycles. The molecule has 0 radical (unpaired) electrons. The smallest absolute Gasteiger partial charge is 0.254 e. The number of hydrogen-bond donors (Lipinski definition) is 0. The van der Waals surface area contributed by atoms with Crippen LogP contribution in [0.2, 0.25) is 0 Å². The number of amides is 2. The summed E-state index contributed by atoms with van der Waals surface area (Å²) in [5.74, 6) is -0.482. The molecule has 0 aliphatic carbocycles. The Morgan fingerprint density at radius 2 is 1.33 bits per heavy atom. The van der Waals surface area contributed by atoms with Gasteiger partial charge in [-0.2, -0.15) is 5.06 Å². The summed E-state index contributed by atoms with van der Waals surface area (Å²) in [5, 5.41) is 0.875. The molecule has 1 saturated heterocycles. The number of hydroxylamine groups is 2. The van der Waals surface area contributed by atoms with Gasteiger partial charge in [-0.25, -0.2) is 0 Å². The first-order valence-corrected chi connectivity index (χ1v) is 7.19. The normalized spacial score (nSPS) is 16.0. The van der Waals surface area contributed by atoms with Crippen LogP contribution in [-0.4, -0.2) is 27.0 Å². The summed E-state index contributed by atoms with van der Waals surface area (Å²) in [4.78, 5) is 27.2. The van der Waals surface area contributed by atoms with Gasteiger partial charge < -0.3 is 4.57 Å². The van der Waals surface area contributed by atoms with Crippen LogP contribution in [-0.2, 0) is 20.0 Å². The van der Waals surface area contributed by atoms with E-state index in [0.29, 0.717) is 0 Å². The molecule has 21 heavy (non-hydrogen) atoms. The predicted molar refractivity (Wildman–Crippen MR) is 81.4 cm³/mol. The van der Waals surface area contributed by atoms with Crippen molar-refractivity contribution >= 4 is 11.8 Å². The van der Waals surface area contributed by atoms with Crippen molar-refractivity contribution in [2.45, 2.75) is 65.5 Å². The van der Waals surface area contributed by atoms with E-state index in [1.807, 2.05) is 12.1 Å². The summed E-state index contributed by atoms with van der Waals surface area (Å²) in [6, 6.07) is 4.09. The summed E-state index contributed by atoms with van der Waals surface area (Å²) < 4.78 is 2.19. The van der Waals surface area contributed by atoms with Crippen LogP contribution in [0.4, 0.5) is 0 Å². The highest BCUT2D eigenvalue weighted by molar-refractivity contribution is 6.00. The lowest BCUT2D eigenvalue weighted by Gasteiger charge is -2.24. The molecule has 2 rings (SSSR count). The van der Waals surface area contributed by atoms with Gasteiger partial charge in [-0.05, 0) is 53.7 Å². The fourth-order valence-corrected chi connectivity index (χ4v) is 1.71. The number of carbonyl (C=O) groups excluding carboxylic acids is 2. The van der Waals surface area contributed by atoms with Gasteiger partial charge in [0.2, 0.25) is 0 Å². The standard InChI is InChI=1S/C8H13NO3.C8H13N/c1-8(2,3)12-9-6(10)4-5-7(9)11;1-8(2,3)9-6-4-5-7-9/h4-5H2,1-3H3;4-7H,1-3H3. The summed E-state index contributed by atoms with van der Waals surface area (Å²) in [6.07, 6.45) is 4.71. The van der Waals surface area contributed by atoms with Gasteiger partial charge in [-0.15, -0.1) is 0 Å². The van der Waals surface area contributed by atoms with E-state index in [2.05, 4.69) is 37.7 Å². The van der Waals surface area contributed by atoms with Crippen molar-refractivity contribution in [1.29, 1.82) is 0 Å². The first kappa shape index (κ1) is 17.4. The average Bonchev–Trinajstić information content (AvgIpc) is 2.93. The first-order chi connectivity index (χ1) is 9.50. The number of carbonyl (C=O) groups is 2. The third-order valence-corrected chi connectivity index (χ3v) is 2.75. The molecule has 118 valence electrons. The van der Waals surface area contributed by atoms with Crippen LogP contribution in [0.25, 0.3) is 0 Å². The quantitative estimate of drug-likeness (QED) is 0.748. The first-order valence-electron chi connectivity index (χ1n) is 7.19. The number of rotatable bonds is 1. The Kier molecular flexibility index (Phi) is 5.34. The minimum atomic E-state index is -0.490. The second-order valence-corrected chi connectivity index (χ2v) is 7.05. The third-order valence-electron chi connectivity index (χ3n) is 2.75. The van der Waals surface area contributed by atoms with Gasteiger partial charge in [0.05, 0.1) is 5.60 Å². The highest BCUT2D eigenvalue weighted by Gasteiger charge is 2.33. The molecule has 1 fully saturated rings. The summed E-state index contributed by atoms with van der Waals surface area (Å²) >= 11 is 0. The van der Waals surface area contributed by atoms with E-state index in [-0.39, 0.29) is 30.2 Å². The van der Waals surface area contributed by atoms with Crippen molar-refractivity contribution in [3.63, 3.8) is 0 Å². The van der Waals surface area contributed by atoms with Crippen LogP contribution in [0.1, 0.15) is 54.4 Å². The molecule has 0 N–H and O–H groups in total. The Labute approximate surface area is 126 Å². The molecule has 0 unspecified atom stereocenters. The molecular weight excluding hydrogens is 268 g/mol.